The Bertz CT molecular complexity index is 744. The van der Waals surface area contributed by atoms with E-state index in [0.29, 0.717) is 15.7 Å². The average molecular weight is 311 g/mol. The highest BCUT2D eigenvalue weighted by Gasteiger charge is 2.09. The number of hydrogen-bond donors (Lipinski definition) is 1. The molecule has 0 saturated carbocycles. The van der Waals surface area contributed by atoms with Crippen LogP contribution < -0.4 is 5.43 Å². The Balaban J connectivity index is 1.78. The second-order valence-electron chi connectivity index (χ2n) is 3.52. The monoisotopic (exact) mass is 310 g/mol. The third-order valence-corrected chi connectivity index (χ3v) is 4.26. The number of carbonyl (C=O) groups excluding carboxylic acids is 1. The van der Waals surface area contributed by atoms with Crippen molar-refractivity contribution in [2.45, 2.75) is 0 Å². The summed E-state index contributed by atoms with van der Waals surface area (Å²) >= 11 is 8.84. The number of imidazole rings is 1. The van der Waals surface area contributed by atoms with Gasteiger partial charge in [0, 0.05) is 11.6 Å². The normalized spacial score (nSPS) is 11.4. The summed E-state index contributed by atoms with van der Waals surface area (Å²) in [5.41, 5.74) is 3.09. The number of hydrogen-bond acceptors (Lipinski definition) is 5. The van der Waals surface area contributed by atoms with E-state index in [0.717, 1.165) is 4.96 Å². The molecule has 3 rings (SSSR count). The lowest BCUT2D eigenvalue weighted by Gasteiger charge is -1.95. The first-order valence-corrected chi connectivity index (χ1v) is 7.37. The molecule has 0 aliphatic heterocycles. The van der Waals surface area contributed by atoms with Crippen molar-refractivity contribution in [3.63, 3.8) is 0 Å². The minimum Gasteiger partial charge on any atom is -0.288 e. The van der Waals surface area contributed by atoms with Crippen molar-refractivity contribution < 1.29 is 4.79 Å². The van der Waals surface area contributed by atoms with E-state index in [9.17, 15) is 4.79 Å². The zero-order chi connectivity index (χ0) is 13.2. The molecule has 0 fully saturated rings. The van der Waals surface area contributed by atoms with Gasteiger partial charge in [-0.05, 0) is 11.4 Å². The number of thiazole rings is 1. The summed E-state index contributed by atoms with van der Waals surface area (Å²) in [6.45, 7) is 0. The average Bonchev–Trinajstić information content (AvgIpc) is 3.08. The quantitative estimate of drug-likeness (QED) is 0.597. The highest BCUT2D eigenvalue weighted by molar-refractivity contribution is 7.15. The number of rotatable bonds is 3. The number of carbonyl (C=O) groups is 1. The molecule has 0 atom stereocenters. The Morgan fingerprint density at radius 1 is 1.47 bits per heavy atom. The van der Waals surface area contributed by atoms with Crippen LogP contribution >= 0.6 is 34.3 Å². The number of hydrazone groups is 1. The molecule has 8 heteroatoms. The van der Waals surface area contributed by atoms with Gasteiger partial charge >= 0.3 is 0 Å². The molecule has 0 spiro atoms. The molecule has 0 aliphatic carbocycles. The van der Waals surface area contributed by atoms with Gasteiger partial charge in [0.15, 0.2) is 10.1 Å². The third kappa shape index (κ3) is 2.40. The first kappa shape index (κ1) is 12.3. The Morgan fingerprint density at radius 2 is 2.37 bits per heavy atom. The first-order chi connectivity index (χ1) is 9.25. The summed E-state index contributed by atoms with van der Waals surface area (Å²) in [4.78, 5) is 17.2. The fraction of sp³-hybridized carbons (Fsp3) is 0. The Morgan fingerprint density at radius 3 is 3.16 bits per heavy atom. The highest BCUT2D eigenvalue weighted by Crippen LogP contribution is 2.19. The fourth-order valence-corrected chi connectivity index (χ4v) is 3.11. The highest BCUT2D eigenvalue weighted by atomic mass is 35.5. The SMILES string of the molecule is O=C(N/N=C\c1c(Cl)nc2sccn12)c1cccs1. The lowest BCUT2D eigenvalue weighted by atomic mass is 10.4. The fourth-order valence-electron chi connectivity index (χ4n) is 1.51. The molecule has 1 amide bonds. The predicted octanol–water partition coefficient (Wildman–Crippen LogP) is 2.87. The summed E-state index contributed by atoms with van der Waals surface area (Å²) in [6.07, 6.45) is 3.34. The zero-order valence-electron chi connectivity index (χ0n) is 9.41. The minimum atomic E-state index is -0.242. The van der Waals surface area contributed by atoms with Gasteiger partial charge in [-0.25, -0.2) is 10.4 Å². The van der Waals surface area contributed by atoms with Crippen molar-refractivity contribution >= 4 is 51.4 Å². The van der Waals surface area contributed by atoms with Crippen LogP contribution in [-0.2, 0) is 0 Å². The first-order valence-electron chi connectivity index (χ1n) is 5.23. The molecule has 3 aromatic heterocycles. The van der Waals surface area contributed by atoms with Crippen molar-refractivity contribution in [3.05, 3.63) is 44.8 Å². The molecule has 0 saturated heterocycles. The van der Waals surface area contributed by atoms with Crippen molar-refractivity contribution in [2.24, 2.45) is 5.10 Å². The van der Waals surface area contributed by atoms with E-state index in [-0.39, 0.29) is 5.91 Å². The molecule has 3 heterocycles. The Hall–Kier alpha value is -1.70. The van der Waals surface area contributed by atoms with Gasteiger partial charge in [0.2, 0.25) is 0 Å². The van der Waals surface area contributed by atoms with Gasteiger partial charge in [0.1, 0.15) is 5.69 Å². The molecule has 0 unspecified atom stereocenters. The van der Waals surface area contributed by atoms with Crippen LogP contribution in [0.2, 0.25) is 5.15 Å². The third-order valence-electron chi connectivity index (χ3n) is 2.35. The molecule has 0 radical (unpaired) electrons. The smallest absolute Gasteiger partial charge is 0.281 e. The van der Waals surface area contributed by atoms with Gasteiger partial charge in [-0.2, -0.15) is 5.10 Å². The van der Waals surface area contributed by atoms with Crippen molar-refractivity contribution in [3.8, 4) is 0 Å². The lowest BCUT2D eigenvalue weighted by molar-refractivity contribution is 0.0959. The standard InChI is InChI=1S/C11H7ClN4OS2/c12-9-7(16-3-5-19-11(16)14-9)6-13-15-10(17)8-2-1-4-18-8/h1-6H,(H,15,17)/b13-6-. The van der Waals surface area contributed by atoms with Crippen molar-refractivity contribution in [1.82, 2.24) is 14.8 Å². The van der Waals surface area contributed by atoms with E-state index >= 15 is 0 Å². The van der Waals surface area contributed by atoms with Gasteiger partial charge in [0.05, 0.1) is 11.1 Å². The van der Waals surface area contributed by atoms with E-state index < -0.39 is 0 Å². The van der Waals surface area contributed by atoms with Crippen LogP contribution in [0.5, 0.6) is 0 Å². The molecule has 0 aliphatic rings. The maximum atomic E-state index is 11.7. The van der Waals surface area contributed by atoms with Crippen molar-refractivity contribution in [1.29, 1.82) is 0 Å². The second-order valence-corrected chi connectivity index (χ2v) is 5.70. The van der Waals surface area contributed by atoms with E-state index in [1.165, 1.54) is 28.9 Å². The minimum absolute atomic E-state index is 0.242. The van der Waals surface area contributed by atoms with Crippen LogP contribution in [0.3, 0.4) is 0 Å². The molecule has 19 heavy (non-hydrogen) atoms. The number of nitrogens with zero attached hydrogens (tertiary/aromatic N) is 3. The summed E-state index contributed by atoms with van der Waals surface area (Å²) in [5, 5.41) is 8.00. The summed E-state index contributed by atoms with van der Waals surface area (Å²) in [5.74, 6) is -0.242. The zero-order valence-corrected chi connectivity index (χ0v) is 11.8. The Labute approximate surface area is 121 Å². The van der Waals surface area contributed by atoms with Gasteiger partial charge in [0.25, 0.3) is 5.91 Å². The van der Waals surface area contributed by atoms with E-state index in [1.54, 1.807) is 6.07 Å². The van der Waals surface area contributed by atoms with Gasteiger partial charge in [-0.1, -0.05) is 17.7 Å². The number of nitrogens with one attached hydrogen (secondary N) is 1. The molecule has 3 aromatic rings. The van der Waals surface area contributed by atoms with Crippen LogP contribution in [0.15, 0.2) is 34.2 Å². The molecule has 5 nitrogen and oxygen atoms in total. The summed E-state index contributed by atoms with van der Waals surface area (Å²) < 4.78 is 1.81. The molecular formula is C11H7ClN4OS2. The summed E-state index contributed by atoms with van der Waals surface area (Å²) in [6, 6.07) is 3.55. The van der Waals surface area contributed by atoms with Gasteiger partial charge in [-0.3, -0.25) is 9.20 Å². The lowest BCUT2D eigenvalue weighted by Crippen LogP contribution is -2.16. The maximum Gasteiger partial charge on any atom is 0.281 e. The van der Waals surface area contributed by atoms with Gasteiger partial charge in [-0.15, -0.1) is 22.7 Å². The predicted molar refractivity (Wildman–Crippen MR) is 77.5 cm³/mol. The van der Waals surface area contributed by atoms with Crippen LogP contribution in [-0.4, -0.2) is 21.5 Å². The van der Waals surface area contributed by atoms with Crippen molar-refractivity contribution in [2.75, 3.05) is 0 Å². The van der Waals surface area contributed by atoms with E-state index in [2.05, 4.69) is 15.5 Å². The second kappa shape index (κ2) is 5.12. The Kier molecular flexibility index (Phi) is 3.33. The van der Waals surface area contributed by atoms with E-state index in [4.69, 9.17) is 11.6 Å². The molecule has 1 N–H and O–H groups in total. The number of halogens is 1. The number of thiophene rings is 1. The molecular weight excluding hydrogens is 304 g/mol. The van der Waals surface area contributed by atoms with Gasteiger partial charge < -0.3 is 0 Å². The van der Waals surface area contributed by atoms with Crippen LogP contribution in [0, 0.1) is 0 Å². The summed E-state index contributed by atoms with van der Waals surface area (Å²) in [7, 11) is 0. The number of fused-ring (bicyclic) bond motifs is 1. The molecule has 96 valence electrons. The van der Waals surface area contributed by atoms with Crippen LogP contribution in [0.4, 0.5) is 0 Å². The topological polar surface area (TPSA) is 58.8 Å². The number of aromatic nitrogens is 2. The molecule has 0 bridgehead atoms. The maximum absolute atomic E-state index is 11.7. The van der Waals surface area contributed by atoms with Crippen LogP contribution in [0.1, 0.15) is 15.4 Å². The van der Waals surface area contributed by atoms with Crippen LogP contribution in [0.25, 0.3) is 4.96 Å². The molecule has 0 aromatic carbocycles. The van der Waals surface area contributed by atoms with E-state index in [1.807, 2.05) is 27.4 Å². The number of amides is 1. The largest absolute Gasteiger partial charge is 0.288 e.